The maximum Gasteiger partial charge on any atom is 0.149 e. The third-order valence-corrected chi connectivity index (χ3v) is 4.18. The number of allylic oxidation sites excluding steroid dienone is 1. The van der Waals surface area contributed by atoms with Crippen LogP contribution in [-0.2, 0) is 0 Å². The predicted octanol–water partition coefficient (Wildman–Crippen LogP) is 5.11. The summed E-state index contributed by atoms with van der Waals surface area (Å²) < 4.78 is 10.7. The van der Waals surface area contributed by atoms with Crippen molar-refractivity contribution >= 4 is 17.1 Å². The van der Waals surface area contributed by atoms with Crippen LogP contribution < -0.4 is 10.5 Å². The van der Waals surface area contributed by atoms with Crippen molar-refractivity contribution in [3.8, 4) is 5.75 Å². The van der Waals surface area contributed by atoms with Crippen LogP contribution in [0.1, 0.15) is 23.8 Å². The lowest BCUT2D eigenvalue weighted by atomic mass is 10.0. The quantitative estimate of drug-likeness (QED) is 0.653. The number of hydrogen-bond acceptors (Lipinski definition) is 4. The minimum Gasteiger partial charge on any atom is -0.497 e. The summed E-state index contributed by atoms with van der Waals surface area (Å²) in [5, 5.41) is 0. The number of methoxy groups -OCH3 is 1. The zero-order chi connectivity index (χ0) is 18.5. The normalized spacial score (nSPS) is 12.7. The summed E-state index contributed by atoms with van der Waals surface area (Å²) in [6, 6.07) is 19.5. The van der Waals surface area contributed by atoms with Crippen LogP contribution in [0, 0.1) is 6.92 Å². The molecular weight excluding hydrogens is 324 g/mol. The van der Waals surface area contributed by atoms with Crippen molar-refractivity contribution in [1.82, 2.24) is 0 Å². The molecule has 0 aliphatic carbocycles. The number of nitrogens with zero attached hydrogens (tertiary/aromatic N) is 1. The van der Waals surface area contributed by atoms with Crippen molar-refractivity contribution in [2.75, 3.05) is 7.11 Å². The summed E-state index contributed by atoms with van der Waals surface area (Å²) in [6.45, 7) is 4.01. The molecule has 0 spiro atoms. The molecule has 3 aromatic rings. The molecule has 3 rings (SSSR count). The maximum atomic E-state index is 6.34. The van der Waals surface area contributed by atoms with E-state index in [2.05, 4.69) is 6.92 Å². The van der Waals surface area contributed by atoms with Gasteiger partial charge in [0.2, 0.25) is 0 Å². The standard InChI is InChI=1S/C22H22N2O2/c1-15-6-10-18(11-7-15)24-22(17-8-12-19(25-3)13-9-17)16(2)21(23)20-5-4-14-26-20/h4-14H,23H2,1-3H3/b21-16-,24-22?. The van der Waals surface area contributed by atoms with Gasteiger partial charge in [-0.1, -0.05) is 17.7 Å². The molecule has 2 aromatic carbocycles. The van der Waals surface area contributed by atoms with Crippen LogP contribution in [0.5, 0.6) is 5.75 Å². The van der Waals surface area contributed by atoms with Gasteiger partial charge in [-0.2, -0.15) is 0 Å². The number of aliphatic imine (C=N–C) groups is 1. The second-order valence-corrected chi connectivity index (χ2v) is 6.04. The van der Waals surface area contributed by atoms with Crippen molar-refractivity contribution in [2.24, 2.45) is 10.7 Å². The Hall–Kier alpha value is -3.27. The lowest BCUT2D eigenvalue weighted by Gasteiger charge is -2.11. The highest BCUT2D eigenvalue weighted by Crippen LogP contribution is 2.23. The van der Waals surface area contributed by atoms with E-state index < -0.39 is 0 Å². The van der Waals surface area contributed by atoms with Crippen molar-refractivity contribution < 1.29 is 9.15 Å². The Kier molecular flexibility index (Phi) is 5.23. The van der Waals surface area contributed by atoms with Gasteiger partial charge in [-0.05, 0) is 62.4 Å². The maximum absolute atomic E-state index is 6.34. The van der Waals surface area contributed by atoms with Gasteiger partial charge in [0.05, 0.1) is 30.5 Å². The van der Waals surface area contributed by atoms with Crippen LogP contribution in [0.3, 0.4) is 0 Å². The van der Waals surface area contributed by atoms with E-state index in [0.29, 0.717) is 11.5 Å². The number of hydrogen-bond donors (Lipinski definition) is 1. The molecular formula is C22H22N2O2. The van der Waals surface area contributed by atoms with Gasteiger partial charge < -0.3 is 14.9 Å². The summed E-state index contributed by atoms with van der Waals surface area (Å²) in [6.07, 6.45) is 1.61. The van der Waals surface area contributed by atoms with Gasteiger partial charge in [0.1, 0.15) is 11.5 Å². The number of benzene rings is 2. The SMILES string of the molecule is COc1ccc(C(=Nc2ccc(C)cc2)/C(C)=C(\N)c2ccco2)cc1. The molecule has 0 saturated carbocycles. The lowest BCUT2D eigenvalue weighted by molar-refractivity contribution is 0.415. The van der Waals surface area contributed by atoms with E-state index >= 15 is 0 Å². The highest BCUT2D eigenvalue weighted by atomic mass is 16.5. The third kappa shape index (κ3) is 3.86. The Balaban J connectivity index is 2.11. The summed E-state index contributed by atoms with van der Waals surface area (Å²) in [5.74, 6) is 1.43. The molecule has 1 heterocycles. The van der Waals surface area contributed by atoms with Crippen molar-refractivity contribution in [3.63, 3.8) is 0 Å². The first kappa shape index (κ1) is 17.5. The van der Waals surface area contributed by atoms with Crippen molar-refractivity contribution in [1.29, 1.82) is 0 Å². The lowest BCUT2D eigenvalue weighted by Crippen LogP contribution is -2.09. The number of nitrogens with two attached hydrogens (primary N) is 1. The zero-order valence-corrected chi connectivity index (χ0v) is 15.2. The summed E-state index contributed by atoms with van der Waals surface area (Å²) in [4.78, 5) is 4.85. The van der Waals surface area contributed by atoms with Crippen LogP contribution in [-0.4, -0.2) is 12.8 Å². The third-order valence-electron chi connectivity index (χ3n) is 4.18. The molecule has 0 unspecified atom stereocenters. The minimum atomic E-state index is 0.566. The van der Waals surface area contributed by atoms with Gasteiger partial charge >= 0.3 is 0 Å². The van der Waals surface area contributed by atoms with Crippen LogP contribution >= 0.6 is 0 Å². The smallest absolute Gasteiger partial charge is 0.149 e. The van der Waals surface area contributed by atoms with Crippen LogP contribution in [0.2, 0.25) is 0 Å². The molecule has 4 nitrogen and oxygen atoms in total. The first-order valence-electron chi connectivity index (χ1n) is 8.39. The molecule has 26 heavy (non-hydrogen) atoms. The first-order chi connectivity index (χ1) is 12.6. The Morgan fingerprint density at radius 1 is 1.00 bits per heavy atom. The fourth-order valence-electron chi connectivity index (χ4n) is 2.61. The average Bonchev–Trinajstić information content (AvgIpc) is 3.21. The predicted molar refractivity (Wildman–Crippen MR) is 106 cm³/mol. The van der Waals surface area contributed by atoms with Crippen molar-refractivity contribution in [2.45, 2.75) is 13.8 Å². The van der Waals surface area contributed by atoms with Crippen molar-refractivity contribution in [3.05, 3.63) is 89.4 Å². The van der Waals surface area contributed by atoms with E-state index in [4.69, 9.17) is 19.9 Å². The van der Waals surface area contributed by atoms with Crippen LogP contribution in [0.4, 0.5) is 5.69 Å². The zero-order valence-electron chi connectivity index (χ0n) is 15.2. The number of furan rings is 1. The summed E-state index contributed by atoms with van der Waals surface area (Å²) in [7, 11) is 1.65. The number of ether oxygens (including phenoxy) is 1. The Bertz CT molecular complexity index is 919. The van der Waals surface area contributed by atoms with Crippen LogP contribution in [0.15, 0.2) is 81.9 Å². The van der Waals surface area contributed by atoms with E-state index in [0.717, 1.165) is 28.3 Å². The largest absolute Gasteiger partial charge is 0.497 e. The fraction of sp³-hybridized carbons (Fsp3) is 0.136. The molecule has 2 N–H and O–H groups in total. The molecule has 0 radical (unpaired) electrons. The molecule has 0 saturated heterocycles. The van der Waals surface area contributed by atoms with Gasteiger partial charge in [-0.3, -0.25) is 0 Å². The summed E-state index contributed by atoms with van der Waals surface area (Å²) >= 11 is 0. The molecule has 0 aliphatic heterocycles. The molecule has 0 fully saturated rings. The molecule has 0 amide bonds. The molecule has 0 aliphatic rings. The van der Waals surface area contributed by atoms with Gasteiger partial charge in [0, 0.05) is 11.1 Å². The molecule has 0 atom stereocenters. The Morgan fingerprint density at radius 2 is 1.69 bits per heavy atom. The molecule has 4 heteroatoms. The molecule has 132 valence electrons. The van der Waals surface area contributed by atoms with E-state index in [-0.39, 0.29) is 0 Å². The Labute approximate surface area is 153 Å². The van der Waals surface area contributed by atoms with Gasteiger partial charge in [-0.15, -0.1) is 0 Å². The topological polar surface area (TPSA) is 60.8 Å². The van der Waals surface area contributed by atoms with Gasteiger partial charge in [0.15, 0.2) is 0 Å². The second-order valence-electron chi connectivity index (χ2n) is 6.04. The number of aryl methyl sites for hydroxylation is 1. The molecule has 0 bridgehead atoms. The Morgan fingerprint density at radius 3 is 2.27 bits per heavy atom. The fourth-order valence-corrected chi connectivity index (χ4v) is 2.61. The van der Waals surface area contributed by atoms with E-state index in [1.807, 2.05) is 67.6 Å². The highest BCUT2D eigenvalue weighted by Gasteiger charge is 2.13. The first-order valence-corrected chi connectivity index (χ1v) is 8.39. The monoisotopic (exact) mass is 346 g/mol. The minimum absolute atomic E-state index is 0.566. The molecule has 1 aromatic heterocycles. The highest BCUT2D eigenvalue weighted by molar-refractivity contribution is 6.16. The van der Waals surface area contributed by atoms with E-state index in [1.54, 1.807) is 13.4 Å². The van der Waals surface area contributed by atoms with Gasteiger partial charge in [-0.25, -0.2) is 4.99 Å². The second kappa shape index (κ2) is 7.74. The van der Waals surface area contributed by atoms with Crippen LogP contribution in [0.25, 0.3) is 5.70 Å². The average molecular weight is 346 g/mol. The van der Waals surface area contributed by atoms with Gasteiger partial charge in [0.25, 0.3) is 0 Å². The number of rotatable bonds is 5. The van der Waals surface area contributed by atoms with E-state index in [9.17, 15) is 0 Å². The van der Waals surface area contributed by atoms with E-state index in [1.165, 1.54) is 5.56 Å². The summed E-state index contributed by atoms with van der Waals surface area (Å²) in [5.41, 5.74) is 11.6.